The Morgan fingerprint density at radius 1 is 1.13 bits per heavy atom. The highest BCUT2D eigenvalue weighted by Crippen LogP contribution is 2.43. The van der Waals surface area contributed by atoms with Crippen LogP contribution in [0.15, 0.2) is 57.7 Å². The first-order valence-electron chi connectivity index (χ1n) is 10.1. The quantitative estimate of drug-likeness (QED) is 0.453. The van der Waals surface area contributed by atoms with E-state index in [2.05, 4.69) is 4.98 Å². The predicted octanol–water partition coefficient (Wildman–Crippen LogP) is 5.01. The van der Waals surface area contributed by atoms with E-state index in [1.54, 1.807) is 23.1 Å². The van der Waals surface area contributed by atoms with Crippen LogP contribution in [0.4, 0.5) is 5.13 Å². The first-order valence-corrected chi connectivity index (χ1v) is 10.9. The Labute approximate surface area is 182 Å². The molecule has 31 heavy (non-hydrogen) atoms. The highest BCUT2D eigenvalue weighted by atomic mass is 32.1. The summed E-state index contributed by atoms with van der Waals surface area (Å²) in [5.41, 5.74) is 2.16. The van der Waals surface area contributed by atoms with Crippen molar-refractivity contribution in [3.8, 4) is 5.75 Å². The molecule has 0 saturated heterocycles. The van der Waals surface area contributed by atoms with Gasteiger partial charge in [-0.25, -0.2) is 4.98 Å². The first kappa shape index (κ1) is 19.5. The predicted molar refractivity (Wildman–Crippen MR) is 120 cm³/mol. The van der Waals surface area contributed by atoms with Crippen LogP contribution in [0.25, 0.3) is 11.0 Å². The van der Waals surface area contributed by atoms with E-state index >= 15 is 0 Å². The molecule has 1 unspecified atom stereocenters. The zero-order valence-electron chi connectivity index (χ0n) is 17.3. The smallest absolute Gasteiger partial charge is 0.297 e. The summed E-state index contributed by atoms with van der Waals surface area (Å²) >= 11 is 1.43. The number of nitrogens with zero attached hydrogens (tertiary/aromatic N) is 2. The lowest BCUT2D eigenvalue weighted by atomic mass is 9.99. The van der Waals surface area contributed by atoms with Crippen LogP contribution in [-0.2, 0) is 0 Å². The van der Waals surface area contributed by atoms with Crippen LogP contribution in [0.5, 0.6) is 5.75 Å². The molecule has 0 radical (unpaired) electrons. The molecule has 156 valence electrons. The third-order valence-corrected chi connectivity index (χ3v) is 6.57. The molecule has 0 saturated carbocycles. The molecule has 0 aliphatic carbocycles. The zero-order valence-corrected chi connectivity index (χ0v) is 18.2. The van der Waals surface area contributed by atoms with Gasteiger partial charge in [-0.2, -0.15) is 0 Å². The maximum atomic E-state index is 13.6. The molecule has 1 aliphatic heterocycles. The van der Waals surface area contributed by atoms with E-state index in [9.17, 15) is 9.59 Å². The summed E-state index contributed by atoms with van der Waals surface area (Å²) < 4.78 is 11.6. The van der Waals surface area contributed by atoms with E-state index in [0.29, 0.717) is 34.0 Å². The van der Waals surface area contributed by atoms with Crippen molar-refractivity contribution in [3.63, 3.8) is 0 Å². The fraction of sp³-hybridized carbons (Fsp3) is 0.208. The Bertz CT molecular complexity index is 1350. The van der Waals surface area contributed by atoms with Crippen molar-refractivity contribution in [2.24, 2.45) is 0 Å². The molecule has 2 aromatic heterocycles. The number of amides is 1. The number of carbonyl (C=O) groups is 1. The maximum Gasteiger partial charge on any atom is 0.297 e. The molecule has 5 rings (SSSR count). The average molecular weight is 433 g/mol. The number of anilines is 1. The molecule has 7 heteroatoms. The van der Waals surface area contributed by atoms with E-state index in [4.69, 9.17) is 9.15 Å². The van der Waals surface area contributed by atoms with Crippen molar-refractivity contribution in [1.82, 2.24) is 4.98 Å². The van der Waals surface area contributed by atoms with E-state index in [1.807, 2.05) is 51.1 Å². The number of thiazole rings is 1. The molecule has 0 N–H and O–H groups in total. The number of fused-ring (bicyclic) bond motifs is 2. The Kier molecular flexibility index (Phi) is 4.63. The summed E-state index contributed by atoms with van der Waals surface area (Å²) in [6, 6.07) is 14.0. The largest absolute Gasteiger partial charge is 0.494 e. The SMILES string of the molecule is CCOc1ccc2c(=O)c3c(oc2c1)C(=O)N(c1nc(C)c(C)s1)C3c1ccccc1. The van der Waals surface area contributed by atoms with Gasteiger partial charge in [0.2, 0.25) is 5.76 Å². The Hall–Kier alpha value is -3.45. The number of ether oxygens (including phenoxy) is 1. The number of carbonyl (C=O) groups excluding carboxylic acids is 1. The number of hydrogen-bond acceptors (Lipinski definition) is 6. The fourth-order valence-corrected chi connectivity index (χ4v) is 4.85. The van der Waals surface area contributed by atoms with Gasteiger partial charge in [0, 0.05) is 10.9 Å². The molecule has 4 aromatic rings. The van der Waals surface area contributed by atoms with Crippen LogP contribution in [0.3, 0.4) is 0 Å². The van der Waals surface area contributed by atoms with E-state index < -0.39 is 6.04 Å². The van der Waals surface area contributed by atoms with Gasteiger partial charge in [-0.1, -0.05) is 30.3 Å². The van der Waals surface area contributed by atoms with E-state index in [0.717, 1.165) is 16.1 Å². The molecule has 1 amide bonds. The van der Waals surface area contributed by atoms with Gasteiger partial charge >= 0.3 is 0 Å². The molecule has 2 aromatic carbocycles. The molecular weight excluding hydrogens is 412 g/mol. The van der Waals surface area contributed by atoms with Crippen molar-refractivity contribution < 1.29 is 13.9 Å². The number of aryl methyl sites for hydroxylation is 2. The van der Waals surface area contributed by atoms with Gasteiger partial charge in [-0.3, -0.25) is 14.5 Å². The zero-order chi connectivity index (χ0) is 21.7. The third-order valence-electron chi connectivity index (χ3n) is 5.49. The summed E-state index contributed by atoms with van der Waals surface area (Å²) in [7, 11) is 0. The molecular formula is C24H20N2O4S. The van der Waals surface area contributed by atoms with Crippen molar-refractivity contribution in [2.75, 3.05) is 11.5 Å². The number of benzene rings is 2. The number of hydrogen-bond donors (Lipinski definition) is 0. The Morgan fingerprint density at radius 2 is 1.90 bits per heavy atom. The lowest BCUT2D eigenvalue weighted by Gasteiger charge is -2.22. The van der Waals surface area contributed by atoms with Crippen LogP contribution in [0, 0.1) is 13.8 Å². The van der Waals surface area contributed by atoms with Crippen LogP contribution in [0.1, 0.15) is 45.2 Å². The topological polar surface area (TPSA) is 72.6 Å². The summed E-state index contributed by atoms with van der Waals surface area (Å²) in [5, 5.41) is 0.975. The second kappa shape index (κ2) is 7.35. The third kappa shape index (κ3) is 3.04. The average Bonchev–Trinajstić information content (AvgIpc) is 3.25. The summed E-state index contributed by atoms with van der Waals surface area (Å²) in [4.78, 5) is 34.3. The van der Waals surface area contributed by atoms with Crippen molar-refractivity contribution in [3.05, 3.63) is 86.2 Å². The van der Waals surface area contributed by atoms with E-state index in [1.165, 1.54) is 11.3 Å². The van der Waals surface area contributed by atoms with Gasteiger partial charge in [0.05, 0.1) is 29.3 Å². The van der Waals surface area contributed by atoms with Crippen LogP contribution >= 0.6 is 11.3 Å². The molecule has 1 atom stereocenters. The monoisotopic (exact) mass is 432 g/mol. The maximum absolute atomic E-state index is 13.6. The Morgan fingerprint density at radius 3 is 2.58 bits per heavy atom. The minimum absolute atomic E-state index is 0.0607. The van der Waals surface area contributed by atoms with Gasteiger partial charge in [0.25, 0.3) is 5.91 Å². The fourth-order valence-electron chi connectivity index (χ4n) is 3.91. The van der Waals surface area contributed by atoms with Crippen molar-refractivity contribution in [1.29, 1.82) is 0 Å². The second-order valence-corrected chi connectivity index (χ2v) is 8.57. The van der Waals surface area contributed by atoms with Crippen molar-refractivity contribution >= 4 is 33.3 Å². The first-order chi connectivity index (χ1) is 15.0. The summed E-state index contributed by atoms with van der Waals surface area (Å²) in [6.07, 6.45) is 0. The van der Waals surface area contributed by atoms with Gasteiger partial charge in [-0.15, -0.1) is 11.3 Å². The van der Waals surface area contributed by atoms with Gasteiger partial charge in [0.1, 0.15) is 11.3 Å². The lowest BCUT2D eigenvalue weighted by Crippen LogP contribution is -2.29. The van der Waals surface area contributed by atoms with Crippen LogP contribution in [0.2, 0.25) is 0 Å². The number of rotatable bonds is 4. The van der Waals surface area contributed by atoms with E-state index in [-0.39, 0.29) is 17.1 Å². The van der Waals surface area contributed by atoms with Gasteiger partial charge < -0.3 is 9.15 Å². The molecule has 3 heterocycles. The van der Waals surface area contributed by atoms with Crippen LogP contribution in [-0.4, -0.2) is 17.5 Å². The van der Waals surface area contributed by atoms with Crippen molar-refractivity contribution in [2.45, 2.75) is 26.8 Å². The standard InChI is InChI=1S/C24H20N2O4S/c1-4-29-16-10-11-17-18(12-16)30-22-19(21(17)27)20(15-8-6-5-7-9-15)26(23(22)28)24-25-13(2)14(3)31-24/h5-12,20H,4H2,1-3H3. The van der Waals surface area contributed by atoms with Gasteiger partial charge in [-0.05, 0) is 38.5 Å². The Balaban J connectivity index is 1.78. The van der Waals surface area contributed by atoms with Crippen LogP contribution < -0.4 is 15.1 Å². The highest BCUT2D eigenvalue weighted by molar-refractivity contribution is 7.15. The molecule has 0 bridgehead atoms. The molecule has 6 nitrogen and oxygen atoms in total. The molecule has 0 spiro atoms. The summed E-state index contributed by atoms with van der Waals surface area (Å²) in [5.74, 6) is 0.287. The molecule has 0 fully saturated rings. The normalized spacial score (nSPS) is 15.5. The highest BCUT2D eigenvalue weighted by Gasteiger charge is 2.45. The number of aromatic nitrogens is 1. The minimum atomic E-state index is -0.596. The second-order valence-electron chi connectivity index (χ2n) is 7.39. The minimum Gasteiger partial charge on any atom is -0.494 e. The lowest BCUT2D eigenvalue weighted by molar-refractivity contribution is 0.0971. The van der Waals surface area contributed by atoms with Gasteiger partial charge in [0.15, 0.2) is 10.6 Å². The molecule has 1 aliphatic rings. The summed E-state index contributed by atoms with van der Waals surface area (Å²) in [6.45, 7) is 6.25.